The number of cyclic esters (lactones) is 2. The molecule has 0 aromatic carbocycles. The Hall–Kier alpha value is -1.14. The minimum atomic E-state index is -1.10. The number of aliphatic hydroxyl groups excluding tert-OH is 1. The molecule has 0 amide bonds. The van der Waals surface area contributed by atoms with Gasteiger partial charge in [-0.1, -0.05) is 19.8 Å². The van der Waals surface area contributed by atoms with Crippen LogP contribution in [-0.2, 0) is 19.1 Å². The van der Waals surface area contributed by atoms with Crippen molar-refractivity contribution in [2.75, 3.05) is 13.2 Å². The first-order chi connectivity index (χ1) is 10.6. The van der Waals surface area contributed by atoms with Crippen molar-refractivity contribution in [2.24, 2.45) is 0 Å². The molecule has 0 atom stereocenters. The van der Waals surface area contributed by atoms with Crippen molar-refractivity contribution in [2.45, 2.75) is 77.4 Å². The summed E-state index contributed by atoms with van der Waals surface area (Å²) < 4.78 is 9.92. The van der Waals surface area contributed by atoms with Gasteiger partial charge in [-0.15, -0.1) is 0 Å². The first-order valence-corrected chi connectivity index (χ1v) is 8.23. The van der Waals surface area contributed by atoms with Crippen LogP contribution < -0.4 is 0 Å². The fourth-order valence-corrected chi connectivity index (χ4v) is 1.84. The van der Waals surface area contributed by atoms with Crippen LogP contribution in [0.4, 0.5) is 0 Å². The van der Waals surface area contributed by atoms with Gasteiger partial charge in [0.15, 0.2) is 6.29 Å². The number of aliphatic hydroxyl groups is 2. The maximum absolute atomic E-state index is 11.0. The molecule has 6 heteroatoms. The standard InChI is InChI=1S/C10H16O4.C6H14O2/c11-9-5-1-2-6-10(12)14-8-4-3-7-13-9;1-2-3-4-5-6(7)8/h1-8H2;6-8H,2-5H2,1H3. The van der Waals surface area contributed by atoms with Crippen molar-refractivity contribution >= 4 is 11.9 Å². The first-order valence-electron chi connectivity index (χ1n) is 8.23. The van der Waals surface area contributed by atoms with Gasteiger partial charge < -0.3 is 19.7 Å². The van der Waals surface area contributed by atoms with Gasteiger partial charge in [-0.25, -0.2) is 0 Å². The third kappa shape index (κ3) is 15.3. The minimum absolute atomic E-state index is 0.154. The number of esters is 2. The summed E-state index contributed by atoms with van der Waals surface area (Å²) in [6, 6.07) is 0. The van der Waals surface area contributed by atoms with Crippen LogP contribution in [0.1, 0.15) is 71.1 Å². The number of carbonyl (C=O) groups excluding carboxylic acids is 2. The highest BCUT2D eigenvalue weighted by Gasteiger charge is 2.07. The van der Waals surface area contributed by atoms with E-state index in [-0.39, 0.29) is 11.9 Å². The monoisotopic (exact) mass is 318 g/mol. The molecule has 1 fully saturated rings. The normalized spacial score (nSPS) is 17.5. The van der Waals surface area contributed by atoms with Crippen molar-refractivity contribution < 1.29 is 29.3 Å². The highest BCUT2D eigenvalue weighted by atomic mass is 16.5. The molecule has 0 radical (unpaired) electrons. The Kier molecular flexibility index (Phi) is 14.0. The van der Waals surface area contributed by atoms with Gasteiger partial charge in [0, 0.05) is 12.8 Å². The zero-order valence-electron chi connectivity index (χ0n) is 13.6. The van der Waals surface area contributed by atoms with E-state index in [0.717, 1.165) is 32.1 Å². The molecule has 0 saturated carbocycles. The Balaban J connectivity index is 0.000000472. The fraction of sp³-hybridized carbons (Fsp3) is 0.875. The van der Waals surface area contributed by atoms with E-state index in [2.05, 4.69) is 6.92 Å². The molecular weight excluding hydrogens is 288 g/mol. The van der Waals surface area contributed by atoms with E-state index in [1.165, 1.54) is 0 Å². The Bertz CT molecular complexity index is 268. The van der Waals surface area contributed by atoms with Crippen LogP contribution >= 0.6 is 0 Å². The fourth-order valence-electron chi connectivity index (χ4n) is 1.84. The van der Waals surface area contributed by atoms with Gasteiger partial charge in [0.25, 0.3) is 0 Å². The quantitative estimate of drug-likeness (QED) is 0.469. The minimum Gasteiger partial charge on any atom is -0.466 e. The second-order valence-electron chi connectivity index (χ2n) is 5.33. The number of hydrogen-bond donors (Lipinski definition) is 2. The van der Waals surface area contributed by atoms with Gasteiger partial charge >= 0.3 is 11.9 Å². The van der Waals surface area contributed by atoms with Gasteiger partial charge in [-0.05, 0) is 38.5 Å². The van der Waals surface area contributed by atoms with Gasteiger partial charge in [0.2, 0.25) is 0 Å². The lowest BCUT2D eigenvalue weighted by molar-refractivity contribution is -0.147. The molecule has 1 saturated heterocycles. The second-order valence-corrected chi connectivity index (χ2v) is 5.33. The molecule has 6 nitrogen and oxygen atoms in total. The Morgan fingerprint density at radius 2 is 1.41 bits per heavy atom. The summed E-state index contributed by atoms with van der Waals surface area (Å²) in [5.41, 5.74) is 0. The molecule has 1 aliphatic rings. The summed E-state index contributed by atoms with van der Waals surface area (Å²) in [6.45, 7) is 2.97. The zero-order chi connectivity index (χ0) is 16.6. The lowest BCUT2D eigenvalue weighted by atomic mass is 10.2. The largest absolute Gasteiger partial charge is 0.466 e. The maximum atomic E-state index is 11.0. The van der Waals surface area contributed by atoms with E-state index >= 15 is 0 Å². The van der Waals surface area contributed by atoms with Crippen LogP contribution in [0.15, 0.2) is 0 Å². The molecule has 0 bridgehead atoms. The van der Waals surface area contributed by atoms with Crippen LogP contribution in [0.2, 0.25) is 0 Å². The molecule has 0 unspecified atom stereocenters. The Morgan fingerprint density at radius 1 is 0.909 bits per heavy atom. The Labute approximate surface area is 132 Å². The molecule has 0 spiro atoms. The van der Waals surface area contributed by atoms with E-state index in [4.69, 9.17) is 19.7 Å². The summed E-state index contributed by atoms with van der Waals surface area (Å²) in [5.74, 6) is -0.308. The summed E-state index contributed by atoms with van der Waals surface area (Å²) in [6.07, 6.45) is 6.33. The third-order valence-corrected chi connectivity index (χ3v) is 3.14. The SMILES string of the molecule is CCCCCC(O)O.O=C1CCCCC(=O)OCCCCO1. The van der Waals surface area contributed by atoms with Crippen LogP contribution in [-0.4, -0.2) is 41.7 Å². The summed E-state index contributed by atoms with van der Waals surface area (Å²) >= 11 is 0. The molecule has 0 aliphatic carbocycles. The second kappa shape index (κ2) is 14.8. The first kappa shape index (κ1) is 20.9. The molecule has 1 heterocycles. The van der Waals surface area contributed by atoms with E-state index in [1.807, 2.05) is 0 Å². The lowest BCUT2D eigenvalue weighted by Crippen LogP contribution is -2.11. The van der Waals surface area contributed by atoms with Crippen LogP contribution in [0.5, 0.6) is 0 Å². The molecule has 0 aromatic heterocycles. The highest BCUT2D eigenvalue weighted by Crippen LogP contribution is 2.05. The third-order valence-electron chi connectivity index (χ3n) is 3.14. The predicted octanol–water partition coefficient (Wildman–Crippen LogP) is 2.30. The van der Waals surface area contributed by atoms with E-state index in [1.54, 1.807) is 0 Å². The van der Waals surface area contributed by atoms with Gasteiger partial charge in [-0.3, -0.25) is 9.59 Å². The number of unbranched alkanes of at least 4 members (excludes halogenated alkanes) is 2. The highest BCUT2D eigenvalue weighted by molar-refractivity contribution is 5.70. The molecule has 130 valence electrons. The van der Waals surface area contributed by atoms with Crippen molar-refractivity contribution in [3.8, 4) is 0 Å². The van der Waals surface area contributed by atoms with Crippen molar-refractivity contribution in [1.82, 2.24) is 0 Å². The van der Waals surface area contributed by atoms with Gasteiger partial charge in [0.1, 0.15) is 0 Å². The van der Waals surface area contributed by atoms with Crippen LogP contribution in [0, 0.1) is 0 Å². The number of ether oxygens (including phenoxy) is 2. The molecular formula is C16H30O6. The predicted molar refractivity (Wildman–Crippen MR) is 82.0 cm³/mol. The number of carbonyl (C=O) groups is 2. The maximum Gasteiger partial charge on any atom is 0.305 e. The van der Waals surface area contributed by atoms with Crippen molar-refractivity contribution in [3.63, 3.8) is 0 Å². The average molecular weight is 318 g/mol. The zero-order valence-corrected chi connectivity index (χ0v) is 13.6. The average Bonchev–Trinajstić information content (AvgIpc) is 2.46. The number of hydrogen-bond acceptors (Lipinski definition) is 6. The molecule has 1 aliphatic heterocycles. The van der Waals surface area contributed by atoms with Crippen molar-refractivity contribution in [3.05, 3.63) is 0 Å². The van der Waals surface area contributed by atoms with Crippen molar-refractivity contribution in [1.29, 1.82) is 0 Å². The van der Waals surface area contributed by atoms with Crippen LogP contribution in [0.3, 0.4) is 0 Å². The lowest BCUT2D eigenvalue weighted by Gasteiger charge is -2.08. The topological polar surface area (TPSA) is 93.1 Å². The molecule has 1 rings (SSSR count). The summed E-state index contributed by atoms with van der Waals surface area (Å²) in [7, 11) is 0. The van der Waals surface area contributed by atoms with Gasteiger partial charge in [0.05, 0.1) is 13.2 Å². The number of rotatable bonds is 4. The van der Waals surface area contributed by atoms with Gasteiger partial charge in [-0.2, -0.15) is 0 Å². The van der Waals surface area contributed by atoms with E-state index < -0.39 is 6.29 Å². The van der Waals surface area contributed by atoms with E-state index in [9.17, 15) is 9.59 Å². The summed E-state index contributed by atoms with van der Waals surface area (Å²) in [5, 5.41) is 16.7. The molecule has 22 heavy (non-hydrogen) atoms. The molecule has 2 N–H and O–H groups in total. The molecule has 0 aromatic rings. The smallest absolute Gasteiger partial charge is 0.305 e. The Morgan fingerprint density at radius 3 is 1.82 bits per heavy atom. The van der Waals surface area contributed by atoms with Crippen LogP contribution in [0.25, 0.3) is 0 Å². The van der Waals surface area contributed by atoms with E-state index in [0.29, 0.717) is 45.3 Å². The summed E-state index contributed by atoms with van der Waals surface area (Å²) in [4.78, 5) is 22.1.